The summed E-state index contributed by atoms with van der Waals surface area (Å²) in [6, 6.07) is 18.0. The van der Waals surface area contributed by atoms with Crippen LogP contribution in [0.2, 0.25) is 5.02 Å². The van der Waals surface area contributed by atoms with Crippen molar-refractivity contribution in [3.8, 4) is 5.75 Å². The van der Waals surface area contributed by atoms with E-state index in [0.717, 1.165) is 5.56 Å². The molecule has 0 aliphatic carbocycles. The van der Waals surface area contributed by atoms with Gasteiger partial charge in [-0.15, -0.1) is 0 Å². The average Bonchev–Trinajstić information content (AvgIpc) is 2.75. The molecule has 0 bridgehead atoms. The van der Waals surface area contributed by atoms with Crippen LogP contribution in [-0.2, 0) is 14.8 Å². The first-order valence-corrected chi connectivity index (χ1v) is 11.2. The Morgan fingerprint density at radius 2 is 1.74 bits per heavy atom. The summed E-state index contributed by atoms with van der Waals surface area (Å²) in [5.74, 6) is -0.729. The maximum absolute atomic E-state index is 12.9. The van der Waals surface area contributed by atoms with E-state index in [9.17, 15) is 17.6 Å². The number of halogens is 2. The van der Waals surface area contributed by atoms with Gasteiger partial charge >= 0.3 is 0 Å². The van der Waals surface area contributed by atoms with Gasteiger partial charge in [0.05, 0.1) is 9.92 Å². The molecule has 0 aliphatic heterocycles. The molecular formula is C22H20ClFN2O4S. The lowest BCUT2D eigenvalue weighted by atomic mass is 10.1. The Hall–Kier alpha value is -2.94. The number of anilines is 1. The predicted octanol–water partition coefficient (Wildman–Crippen LogP) is 4.54. The van der Waals surface area contributed by atoms with E-state index in [-0.39, 0.29) is 22.3 Å². The van der Waals surface area contributed by atoms with Crippen molar-refractivity contribution in [3.05, 3.63) is 89.2 Å². The van der Waals surface area contributed by atoms with Gasteiger partial charge in [0.15, 0.2) is 6.61 Å². The fourth-order valence-electron chi connectivity index (χ4n) is 2.75. The Balaban J connectivity index is 1.62. The largest absolute Gasteiger partial charge is 0.482 e. The van der Waals surface area contributed by atoms with Gasteiger partial charge in [0, 0.05) is 11.7 Å². The number of rotatable bonds is 8. The van der Waals surface area contributed by atoms with Gasteiger partial charge < -0.3 is 10.1 Å². The number of carbonyl (C=O) groups excluding carboxylic acids is 1. The zero-order valence-corrected chi connectivity index (χ0v) is 18.1. The minimum atomic E-state index is -3.82. The van der Waals surface area contributed by atoms with Gasteiger partial charge in [-0.25, -0.2) is 17.5 Å². The molecule has 6 nitrogen and oxygen atoms in total. The van der Waals surface area contributed by atoms with Crippen molar-refractivity contribution < 1.29 is 22.3 Å². The normalized spacial score (nSPS) is 12.2. The maximum atomic E-state index is 12.9. The highest BCUT2D eigenvalue weighted by Crippen LogP contribution is 2.28. The van der Waals surface area contributed by atoms with Gasteiger partial charge in [0.2, 0.25) is 10.0 Å². The lowest BCUT2D eigenvalue weighted by molar-refractivity contribution is -0.118. The summed E-state index contributed by atoms with van der Waals surface area (Å²) in [5.41, 5.74) is 1.24. The zero-order chi connectivity index (χ0) is 22.4. The Morgan fingerprint density at radius 3 is 2.39 bits per heavy atom. The Morgan fingerprint density at radius 1 is 1.06 bits per heavy atom. The van der Waals surface area contributed by atoms with Crippen LogP contribution in [0.1, 0.15) is 18.5 Å². The van der Waals surface area contributed by atoms with Gasteiger partial charge in [0.1, 0.15) is 11.6 Å². The molecule has 0 aromatic heterocycles. The Labute approximate surface area is 185 Å². The van der Waals surface area contributed by atoms with Crippen molar-refractivity contribution in [1.82, 2.24) is 4.72 Å². The molecule has 31 heavy (non-hydrogen) atoms. The number of amides is 1. The molecule has 3 aromatic carbocycles. The summed E-state index contributed by atoms with van der Waals surface area (Å²) in [4.78, 5) is 12.0. The molecule has 0 spiro atoms. The lowest BCUT2D eigenvalue weighted by Crippen LogP contribution is -2.27. The second kappa shape index (κ2) is 9.91. The molecule has 1 amide bonds. The molecule has 0 saturated carbocycles. The summed E-state index contributed by atoms with van der Waals surface area (Å²) in [6.45, 7) is 1.39. The first kappa shape index (κ1) is 22.7. The highest BCUT2D eigenvalue weighted by atomic mass is 35.5. The van der Waals surface area contributed by atoms with Crippen LogP contribution < -0.4 is 14.8 Å². The fraction of sp³-hybridized carbons (Fsp3) is 0.136. The highest BCUT2D eigenvalue weighted by Gasteiger charge is 2.20. The third-order valence-corrected chi connectivity index (χ3v) is 6.17. The number of hydrogen-bond acceptors (Lipinski definition) is 4. The maximum Gasteiger partial charge on any atom is 0.262 e. The second-order valence-corrected chi connectivity index (χ2v) is 8.81. The van der Waals surface area contributed by atoms with Crippen LogP contribution in [0.25, 0.3) is 0 Å². The van der Waals surface area contributed by atoms with E-state index in [4.69, 9.17) is 16.3 Å². The molecule has 1 unspecified atom stereocenters. The number of nitrogens with one attached hydrogen (secondary N) is 2. The minimum Gasteiger partial charge on any atom is -0.482 e. The molecule has 3 aromatic rings. The number of benzene rings is 3. The standard InChI is InChI=1S/C22H20ClFN2O4S/c1-15(16-5-3-2-4-6-16)26-31(28,29)19-11-12-21(20(23)13-19)30-14-22(27)25-18-9-7-17(24)8-10-18/h2-13,15,26H,14H2,1H3,(H,25,27). The highest BCUT2D eigenvalue weighted by molar-refractivity contribution is 7.89. The lowest BCUT2D eigenvalue weighted by Gasteiger charge is -2.15. The topological polar surface area (TPSA) is 84.5 Å². The van der Waals surface area contributed by atoms with Gasteiger partial charge in [-0.2, -0.15) is 0 Å². The molecule has 9 heteroatoms. The summed E-state index contributed by atoms with van der Waals surface area (Å²) in [6.07, 6.45) is 0. The van der Waals surface area contributed by atoms with Gasteiger partial charge in [-0.1, -0.05) is 41.9 Å². The fourth-order valence-corrected chi connectivity index (χ4v) is 4.31. The summed E-state index contributed by atoms with van der Waals surface area (Å²) < 4.78 is 46.2. The van der Waals surface area contributed by atoms with E-state index in [1.807, 2.05) is 30.3 Å². The molecule has 3 rings (SSSR count). The first-order chi connectivity index (χ1) is 14.7. The predicted molar refractivity (Wildman–Crippen MR) is 117 cm³/mol. The zero-order valence-electron chi connectivity index (χ0n) is 16.5. The molecule has 0 radical (unpaired) electrons. The van der Waals surface area contributed by atoms with E-state index in [2.05, 4.69) is 10.0 Å². The Bertz CT molecular complexity index is 1160. The third kappa shape index (κ3) is 6.27. The number of hydrogen-bond donors (Lipinski definition) is 2. The van der Waals surface area contributed by atoms with Crippen LogP contribution in [0.3, 0.4) is 0 Å². The van der Waals surface area contributed by atoms with Crippen LogP contribution in [0.15, 0.2) is 77.7 Å². The van der Waals surface area contributed by atoms with Crippen LogP contribution in [-0.4, -0.2) is 20.9 Å². The van der Waals surface area contributed by atoms with E-state index in [0.29, 0.717) is 5.69 Å². The molecule has 0 aliphatic rings. The smallest absolute Gasteiger partial charge is 0.262 e. The van der Waals surface area contributed by atoms with E-state index >= 15 is 0 Å². The van der Waals surface area contributed by atoms with Crippen molar-refractivity contribution in [2.24, 2.45) is 0 Å². The number of ether oxygens (including phenoxy) is 1. The molecule has 2 N–H and O–H groups in total. The van der Waals surface area contributed by atoms with Gasteiger partial charge in [0.25, 0.3) is 5.91 Å². The van der Waals surface area contributed by atoms with Crippen LogP contribution in [0, 0.1) is 5.82 Å². The van der Waals surface area contributed by atoms with Gasteiger partial charge in [-0.05, 0) is 55.0 Å². The van der Waals surface area contributed by atoms with Crippen molar-refractivity contribution in [2.45, 2.75) is 17.9 Å². The van der Waals surface area contributed by atoms with E-state index in [1.165, 1.54) is 42.5 Å². The SMILES string of the molecule is CC(NS(=O)(=O)c1ccc(OCC(=O)Nc2ccc(F)cc2)c(Cl)c1)c1ccccc1. The molecule has 162 valence electrons. The van der Waals surface area contributed by atoms with Crippen LogP contribution in [0.4, 0.5) is 10.1 Å². The molecule has 0 heterocycles. The molecular weight excluding hydrogens is 443 g/mol. The molecule has 1 atom stereocenters. The minimum absolute atomic E-state index is 0.0246. The van der Waals surface area contributed by atoms with E-state index < -0.39 is 27.8 Å². The molecule has 0 fully saturated rings. The monoisotopic (exact) mass is 462 g/mol. The first-order valence-electron chi connectivity index (χ1n) is 9.29. The summed E-state index contributed by atoms with van der Waals surface area (Å²) in [7, 11) is -3.82. The van der Waals surface area contributed by atoms with E-state index in [1.54, 1.807) is 6.92 Å². The van der Waals surface area contributed by atoms with Crippen molar-refractivity contribution >= 4 is 33.2 Å². The summed E-state index contributed by atoms with van der Waals surface area (Å²) in [5, 5.41) is 2.60. The van der Waals surface area contributed by atoms with Gasteiger partial charge in [-0.3, -0.25) is 4.79 Å². The van der Waals surface area contributed by atoms with Crippen molar-refractivity contribution in [1.29, 1.82) is 0 Å². The number of sulfonamides is 1. The quantitative estimate of drug-likeness (QED) is 0.515. The van der Waals surface area contributed by atoms with Crippen LogP contribution >= 0.6 is 11.6 Å². The number of carbonyl (C=O) groups is 1. The van der Waals surface area contributed by atoms with Crippen LogP contribution in [0.5, 0.6) is 5.75 Å². The molecule has 0 saturated heterocycles. The second-order valence-electron chi connectivity index (χ2n) is 6.69. The summed E-state index contributed by atoms with van der Waals surface area (Å²) >= 11 is 6.16. The third-order valence-electron chi connectivity index (χ3n) is 4.33. The van der Waals surface area contributed by atoms with Crippen molar-refractivity contribution in [3.63, 3.8) is 0 Å². The average molecular weight is 463 g/mol. The Kier molecular flexibility index (Phi) is 7.27. The van der Waals surface area contributed by atoms with Crippen molar-refractivity contribution in [2.75, 3.05) is 11.9 Å².